The summed E-state index contributed by atoms with van der Waals surface area (Å²) in [5, 5.41) is 8.54. The molecule has 1 aliphatic rings. The van der Waals surface area contributed by atoms with Crippen LogP contribution in [-0.2, 0) is 21.4 Å². The Hall–Kier alpha value is -1.71. The number of carbonyl (C=O) groups is 1. The van der Waals surface area contributed by atoms with E-state index in [2.05, 4.69) is 5.10 Å². The van der Waals surface area contributed by atoms with Gasteiger partial charge in [-0.25, -0.2) is 18.2 Å². The van der Waals surface area contributed by atoms with E-state index in [0.717, 1.165) is 4.88 Å². The summed E-state index contributed by atoms with van der Waals surface area (Å²) in [5.41, 5.74) is 0. The topological polar surface area (TPSA) is 98.3 Å². The van der Waals surface area contributed by atoms with Gasteiger partial charge in [-0.3, -0.25) is 9.69 Å². The molecule has 3 heterocycles. The van der Waals surface area contributed by atoms with E-state index < -0.39 is 15.3 Å². The lowest BCUT2D eigenvalue weighted by molar-refractivity contribution is -0.117. The molecule has 1 amide bonds. The maximum atomic E-state index is 12.1. The minimum absolute atomic E-state index is 0.0762. The molecular weight excluding hydrogens is 324 g/mol. The number of amides is 1. The Balaban J connectivity index is 1.84. The summed E-state index contributed by atoms with van der Waals surface area (Å²) in [6.45, 7) is 2.65. The molecule has 9 heteroatoms. The van der Waals surface area contributed by atoms with Crippen molar-refractivity contribution in [1.82, 2.24) is 9.78 Å². The molecular formula is C13H16N4O3S2. The quantitative estimate of drug-likeness (QED) is 0.885. The summed E-state index contributed by atoms with van der Waals surface area (Å²) in [6.07, 6.45) is 1.52. The summed E-state index contributed by atoms with van der Waals surface area (Å²) in [4.78, 5) is 15.9. The van der Waals surface area contributed by atoms with Gasteiger partial charge in [0.2, 0.25) is 15.9 Å². The van der Waals surface area contributed by atoms with Crippen LogP contribution in [0.15, 0.2) is 24.4 Å². The molecule has 0 aromatic carbocycles. The van der Waals surface area contributed by atoms with Crippen LogP contribution >= 0.6 is 11.3 Å². The van der Waals surface area contributed by atoms with Crippen molar-refractivity contribution < 1.29 is 13.2 Å². The number of carbonyl (C=O) groups excluding carboxylic acids is 1. The number of nitrogens with two attached hydrogens (primary N) is 1. The number of thiophene rings is 1. The first-order valence-corrected chi connectivity index (χ1v) is 9.16. The molecule has 1 atom stereocenters. The van der Waals surface area contributed by atoms with Gasteiger partial charge in [0.1, 0.15) is 11.1 Å². The number of sulfonamides is 1. The summed E-state index contributed by atoms with van der Waals surface area (Å²) in [7, 11) is -3.72. The summed E-state index contributed by atoms with van der Waals surface area (Å²) < 4.78 is 24.6. The second-order valence-corrected chi connectivity index (χ2v) is 8.50. The highest BCUT2D eigenvalue weighted by molar-refractivity contribution is 7.89. The Bertz CT molecular complexity index is 809. The molecule has 0 saturated carbocycles. The number of primary sulfonamides is 1. The van der Waals surface area contributed by atoms with Crippen molar-refractivity contribution in [1.29, 1.82) is 0 Å². The van der Waals surface area contributed by atoms with Gasteiger partial charge >= 0.3 is 0 Å². The van der Waals surface area contributed by atoms with Crippen molar-refractivity contribution in [2.24, 2.45) is 5.14 Å². The Morgan fingerprint density at radius 1 is 1.41 bits per heavy atom. The first kappa shape index (κ1) is 15.2. The van der Waals surface area contributed by atoms with Crippen molar-refractivity contribution in [3.05, 3.63) is 34.2 Å². The van der Waals surface area contributed by atoms with Crippen molar-refractivity contribution in [2.45, 2.75) is 25.1 Å². The van der Waals surface area contributed by atoms with E-state index in [0.29, 0.717) is 12.4 Å². The number of anilines is 1. The van der Waals surface area contributed by atoms with E-state index in [9.17, 15) is 13.2 Å². The van der Waals surface area contributed by atoms with Gasteiger partial charge in [-0.15, -0.1) is 11.3 Å². The normalized spacial score (nSPS) is 19.1. The fourth-order valence-electron chi connectivity index (χ4n) is 2.51. The van der Waals surface area contributed by atoms with Gasteiger partial charge < -0.3 is 0 Å². The number of hydrogen-bond acceptors (Lipinski definition) is 5. The molecule has 3 rings (SSSR count). The van der Waals surface area contributed by atoms with Crippen LogP contribution in [0.5, 0.6) is 0 Å². The molecule has 0 radical (unpaired) electrons. The van der Waals surface area contributed by atoms with E-state index in [4.69, 9.17) is 5.14 Å². The van der Waals surface area contributed by atoms with Gasteiger partial charge in [-0.1, -0.05) is 0 Å². The van der Waals surface area contributed by atoms with Gasteiger partial charge in [0, 0.05) is 28.8 Å². The maximum absolute atomic E-state index is 12.1. The smallest absolute Gasteiger partial charge is 0.229 e. The van der Waals surface area contributed by atoms with Crippen LogP contribution in [0.2, 0.25) is 0 Å². The van der Waals surface area contributed by atoms with Crippen LogP contribution in [-0.4, -0.2) is 35.9 Å². The Morgan fingerprint density at radius 2 is 2.18 bits per heavy atom. The SMILES string of the molecule is Cc1ccc(Cn2nccc2N2CC(S(N)(=O)=O)CC2=O)s1. The van der Waals surface area contributed by atoms with Gasteiger partial charge in [0.05, 0.1) is 12.7 Å². The molecule has 22 heavy (non-hydrogen) atoms. The standard InChI is InChI=1S/C13H16N4O3S2/c1-9-2-3-10(21-9)7-17-12(4-5-15-17)16-8-11(6-13(16)18)22(14,19)20/h2-5,11H,6-8H2,1H3,(H2,14,19,20). The molecule has 1 unspecified atom stereocenters. The molecule has 7 nitrogen and oxygen atoms in total. The Kier molecular flexibility index (Phi) is 3.79. The third-order valence-electron chi connectivity index (χ3n) is 3.63. The fourth-order valence-corrected chi connectivity index (χ4v) is 4.12. The van der Waals surface area contributed by atoms with E-state index in [1.54, 1.807) is 28.3 Å². The molecule has 1 saturated heterocycles. The number of aromatic nitrogens is 2. The lowest BCUT2D eigenvalue weighted by Gasteiger charge is -2.17. The minimum Gasteiger partial charge on any atom is -0.296 e. The number of aryl methyl sites for hydroxylation is 1. The van der Waals surface area contributed by atoms with Gasteiger partial charge in [-0.05, 0) is 19.1 Å². The van der Waals surface area contributed by atoms with Crippen LogP contribution in [0.1, 0.15) is 16.2 Å². The summed E-state index contributed by atoms with van der Waals surface area (Å²) >= 11 is 1.66. The van der Waals surface area contributed by atoms with E-state index >= 15 is 0 Å². The molecule has 2 aromatic heterocycles. The van der Waals surface area contributed by atoms with Crippen molar-refractivity contribution in [3.8, 4) is 0 Å². The van der Waals surface area contributed by atoms with E-state index in [1.807, 2.05) is 19.1 Å². The van der Waals surface area contributed by atoms with Crippen molar-refractivity contribution >= 4 is 33.1 Å². The van der Waals surface area contributed by atoms with Crippen LogP contribution in [0.3, 0.4) is 0 Å². The van der Waals surface area contributed by atoms with Gasteiger partial charge in [-0.2, -0.15) is 5.10 Å². The Labute approximate surface area is 132 Å². The predicted molar refractivity (Wildman–Crippen MR) is 84.3 cm³/mol. The second kappa shape index (κ2) is 5.49. The predicted octanol–water partition coefficient (Wildman–Crippen LogP) is 0.695. The van der Waals surface area contributed by atoms with Crippen LogP contribution in [0.4, 0.5) is 5.82 Å². The fraction of sp³-hybridized carbons (Fsp3) is 0.385. The Morgan fingerprint density at radius 3 is 2.77 bits per heavy atom. The average molecular weight is 340 g/mol. The average Bonchev–Trinajstić information content (AvgIpc) is 3.10. The first-order valence-electron chi connectivity index (χ1n) is 6.73. The van der Waals surface area contributed by atoms with Gasteiger partial charge in [0.15, 0.2) is 0 Å². The van der Waals surface area contributed by atoms with Crippen LogP contribution in [0.25, 0.3) is 0 Å². The van der Waals surface area contributed by atoms with E-state index in [1.165, 1.54) is 9.78 Å². The third-order valence-corrected chi connectivity index (χ3v) is 5.86. The zero-order valence-electron chi connectivity index (χ0n) is 12.0. The summed E-state index contributed by atoms with van der Waals surface area (Å²) in [5.74, 6) is 0.352. The highest BCUT2D eigenvalue weighted by Gasteiger charge is 2.38. The monoisotopic (exact) mass is 340 g/mol. The zero-order chi connectivity index (χ0) is 15.9. The second-order valence-electron chi connectivity index (χ2n) is 5.28. The third kappa shape index (κ3) is 2.92. The maximum Gasteiger partial charge on any atom is 0.229 e. The summed E-state index contributed by atoms with van der Waals surface area (Å²) in [6, 6.07) is 5.76. The van der Waals surface area contributed by atoms with Crippen molar-refractivity contribution in [2.75, 3.05) is 11.4 Å². The highest BCUT2D eigenvalue weighted by Crippen LogP contribution is 2.25. The molecule has 2 N–H and O–H groups in total. The number of rotatable bonds is 4. The lowest BCUT2D eigenvalue weighted by atomic mass is 10.4. The molecule has 2 aromatic rings. The van der Waals surface area contributed by atoms with E-state index in [-0.39, 0.29) is 18.9 Å². The molecule has 0 bridgehead atoms. The van der Waals surface area contributed by atoms with Crippen LogP contribution < -0.4 is 10.0 Å². The number of hydrogen-bond donors (Lipinski definition) is 1. The lowest BCUT2D eigenvalue weighted by Crippen LogP contribution is -2.33. The number of nitrogens with zero attached hydrogens (tertiary/aromatic N) is 3. The molecule has 0 aliphatic carbocycles. The molecule has 1 fully saturated rings. The minimum atomic E-state index is -3.72. The van der Waals surface area contributed by atoms with Gasteiger partial charge in [0.25, 0.3) is 0 Å². The molecule has 1 aliphatic heterocycles. The molecule has 0 spiro atoms. The van der Waals surface area contributed by atoms with Crippen LogP contribution in [0, 0.1) is 6.92 Å². The molecule has 118 valence electrons. The largest absolute Gasteiger partial charge is 0.296 e. The zero-order valence-corrected chi connectivity index (χ0v) is 13.6. The highest BCUT2D eigenvalue weighted by atomic mass is 32.2. The first-order chi connectivity index (χ1) is 10.3. The van der Waals surface area contributed by atoms with Crippen molar-refractivity contribution in [3.63, 3.8) is 0 Å².